The molecule has 32 heavy (non-hydrogen) atoms. The van der Waals surface area contributed by atoms with Crippen LogP contribution in [0.2, 0.25) is 0 Å². The normalized spacial score (nSPS) is 33.9. The topological polar surface area (TPSA) is 108 Å². The van der Waals surface area contributed by atoms with Crippen LogP contribution in [0.3, 0.4) is 0 Å². The Morgan fingerprint density at radius 2 is 2.00 bits per heavy atom. The maximum Gasteiger partial charge on any atom is 0.291 e. The fraction of sp³-hybridized carbons (Fsp3) is 0.792. The lowest BCUT2D eigenvalue weighted by molar-refractivity contribution is -0.137. The minimum absolute atomic E-state index is 0.0793. The number of nitriles is 1. The smallest absolute Gasteiger partial charge is 0.291 e. The summed E-state index contributed by atoms with van der Waals surface area (Å²) in [5.74, 6) is 1.55. The molecule has 0 saturated heterocycles. The number of carbonyl (C=O) groups is 1. The van der Waals surface area contributed by atoms with Crippen LogP contribution in [0.25, 0.3) is 0 Å². The largest absolute Gasteiger partial charge is 0.473 e. The molecule has 0 radical (unpaired) electrons. The number of amides is 1. The Balaban J connectivity index is 1.34. The molecular formula is C24H33N3O4S. The SMILES string of the molecule is CC(C)(C#N)COc1noc(C(=O)N[C@H]2C3CC4CC2C[C@](O)(C4)C3)c1SC1CCCC1. The molecule has 1 aromatic heterocycles. The number of rotatable bonds is 7. The molecule has 174 valence electrons. The van der Waals surface area contributed by atoms with Crippen molar-refractivity contribution >= 4 is 17.7 Å². The van der Waals surface area contributed by atoms with Gasteiger partial charge in [0.2, 0.25) is 5.76 Å². The molecule has 1 heterocycles. The molecule has 0 aliphatic heterocycles. The van der Waals surface area contributed by atoms with Crippen molar-refractivity contribution in [2.75, 3.05) is 6.61 Å². The Morgan fingerprint density at radius 1 is 1.31 bits per heavy atom. The summed E-state index contributed by atoms with van der Waals surface area (Å²) in [4.78, 5) is 14.0. The van der Waals surface area contributed by atoms with Gasteiger partial charge in [0.25, 0.3) is 11.8 Å². The summed E-state index contributed by atoms with van der Waals surface area (Å²) in [7, 11) is 0. The van der Waals surface area contributed by atoms with E-state index in [1.54, 1.807) is 11.8 Å². The van der Waals surface area contributed by atoms with Gasteiger partial charge in [-0.05, 0) is 81.7 Å². The van der Waals surface area contributed by atoms with Crippen molar-refractivity contribution in [3.8, 4) is 11.9 Å². The monoisotopic (exact) mass is 459 g/mol. The highest BCUT2D eigenvalue weighted by atomic mass is 32.2. The second-order valence-corrected chi connectivity index (χ2v) is 12.5. The van der Waals surface area contributed by atoms with E-state index >= 15 is 0 Å². The van der Waals surface area contributed by atoms with Gasteiger partial charge >= 0.3 is 0 Å². The highest BCUT2D eigenvalue weighted by Gasteiger charge is 2.55. The second kappa shape index (κ2) is 8.25. The van der Waals surface area contributed by atoms with Crippen LogP contribution >= 0.6 is 11.8 Å². The molecule has 0 spiro atoms. The zero-order valence-electron chi connectivity index (χ0n) is 18.9. The quantitative estimate of drug-likeness (QED) is 0.625. The van der Waals surface area contributed by atoms with Crippen molar-refractivity contribution in [1.29, 1.82) is 5.26 Å². The summed E-state index contributed by atoms with van der Waals surface area (Å²) in [5.41, 5.74) is -1.18. The van der Waals surface area contributed by atoms with E-state index in [4.69, 9.17) is 9.26 Å². The Kier molecular flexibility index (Phi) is 5.69. The Labute approximate surface area is 193 Å². The van der Waals surface area contributed by atoms with Crippen molar-refractivity contribution in [3.63, 3.8) is 0 Å². The van der Waals surface area contributed by atoms with Gasteiger partial charge in [0.1, 0.15) is 11.5 Å². The second-order valence-electron chi connectivity index (χ2n) is 11.1. The third-order valence-corrected chi connectivity index (χ3v) is 9.22. The molecule has 5 saturated carbocycles. The molecule has 5 aliphatic rings. The van der Waals surface area contributed by atoms with E-state index in [0.717, 1.165) is 44.9 Å². The van der Waals surface area contributed by atoms with Crippen LogP contribution in [-0.2, 0) is 0 Å². The van der Waals surface area contributed by atoms with Gasteiger partial charge < -0.3 is 19.7 Å². The molecule has 2 unspecified atom stereocenters. The molecular weight excluding hydrogens is 426 g/mol. The first-order valence-corrected chi connectivity index (χ1v) is 12.9. The first-order chi connectivity index (χ1) is 15.3. The summed E-state index contributed by atoms with van der Waals surface area (Å²) in [6, 6.07) is 2.31. The third kappa shape index (κ3) is 4.26. The first kappa shape index (κ1) is 22.1. The summed E-state index contributed by atoms with van der Waals surface area (Å²) in [5, 5.41) is 27.9. The van der Waals surface area contributed by atoms with Crippen molar-refractivity contribution in [3.05, 3.63) is 5.76 Å². The number of hydrogen-bond donors (Lipinski definition) is 2. The van der Waals surface area contributed by atoms with Crippen molar-refractivity contribution < 1.29 is 19.2 Å². The van der Waals surface area contributed by atoms with Gasteiger partial charge in [-0.1, -0.05) is 12.8 Å². The van der Waals surface area contributed by atoms with Gasteiger partial charge in [-0.25, -0.2) is 0 Å². The zero-order chi connectivity index (χ0) is 22.5. The Morgan fingerprint density at radius 3 is 2.62 bits per heavy atom. The Bertz CT molecular complexity index is 901. The van der Waals surface area contributed by atoms with Crippen LogP contribution in [0.5, 0.6) is 5.88 Å². The summed E-state index contributed by atoms with van der Waals surface area (Å²) in [6.07, 6.45) is 9.24. The number of hydrogen-bond acceptors (Lipinski definition) is 7. The van der Waals surface area contributed by atoms with E-state index in [-0.39, 0.29) is 24.3 Å². The molecule has 1 aromatic rings. The van der Waals surface area contributed by atoms with E-state index in [0.29, 0.717) is 33.8 Å². The van der Waals surface area contributed by atoms with Crippen LogP contribution in [-0.4, -0.2) is 39.7 Å². The fourth-order valence-corrected chi connectivity index (χ4v) is 7.83. The van der Waals surface area contributed by atoms with Crippen LogP contribution in [0.4, 0.5) is 0 Å². The maximum atomic E-state index is 13.4. The van der Waals surface area contributed by atoms with E-state index in [1.807, 2.05) is 13.8 Å². The molecule has 5 fully saturated rings. The van der Waals surface area contributed by atoms with E-state index in [1.165, 1.54) is 12.8 Å². The van der Waals surface area contributed by atoms with Gasteiger partial charge in [0.05, 0.1) is 17.1 Å². The average Bonchev–Trinajstić information content (AvgIpc) is 3.38. The summed E-state index contributed by atoms with van der Waals surface area (Å²) >= 11 is 1.62. The lowest BCUT2D eigenvalue weighted by atomic mass is 9.52. The number of carbonyl (C=O) groups excluding carboxylic acids is 1. The van der Waals surface area contributed by atoms with E-state index < -0.39 is 11.0 Å². The lowest BCUT2D eigenvalue weighted by Gasteiger charge is -2.58. The number of ether oxygens (including phenoxy) is 1. The van der Waals surface area contributed by atoms with Crippen LogP contribution in [0.1, 0.15) is 82.2 Å². The Hall–Kier alpha value is -1.72. The average molecular weight is 460 g/mol. The predicted molar refractivity (Wildman–Crippen MR) is 119 cm³/mol. The van der Waals surface area contributed by atoms with E-state index in [2.05, 4.69) is 16.5 Å². The van der Waals surface area contributed by atoms with Gasteiger partial charge in [0.15, 0.2) is 0 Å². The van der Waals surface area contributed by atoms with Crippen LogP contribution in [0.15, 0.2) is 9.42 Å². The van der Waals surface area contributed by atoms with E-state index in [9.17, 15) is 15.2 Å². The van der Waals surface area contributed by atoms with Crippen molar-refractivity contribution in [2.24, 2.45) is 23.2 Å². The molecule has 4 bridgehead atoms. The predicted octanol–water partition coefficient (Wildman–Crippen LogP) is 4.31. The first-order valence-electron chi connectivity index (χ1n) is 12.0. The minimum atomic E-state index is -0.655. The lowest BCUT2D eigenvalue weighted by Crippen LogP contribution is -2.61. The molecule has 5 aliphatic carbocycles. The van der Waals surface area contributed by atoms with Gasteiger partial charge in [-0.3, -0.25) is 4.79 Å². The molecule has 7 nitrogen and oxygen atoms in total. The fourth-order valence-electron chi connectivity index (χ4n) is 6.50. The number of nitrogens with one attached hydrogen (secondary N) is 1. The van der Waals surface area contributed by atoms with Gasteiger partial charge in [-0.15, -0.1) is 11.8 Å². The molecule has 6 rings (SSSR count). The zero-order valence-corrected chi connectivity index (χ0v) is 19.7. The number of nitrogens with zero attached hydrogens (tertiary/aromatic N) is 2. The number of aromatic nitrogens is 1. The highest BCUT2D eigenvalue weighted by molar-refractivity contribution is 8.00. The van der Waals surface area contributed by atoms with Gasteiger partial charge in [0, 0.05) is 11.3 Å². The molecule has 1 amide bonds. The molecule has 8 heteroatoms. The standard InChI is InChI=1S/C24H33N3O4S/c1-23(2,12-25)13-30-22-20(32-17-5-3-4-6-17)19(31-27-22)21(28)26-18-15-7-14-8-16(18)11-24(29,9-14)10-15/h14-18,29H,3-11,13H2,1-2H3,(H,26,28)/t14?,15?,16?,18-,24-. The van der Waals surface area contributed by atoms with Crippen LogP contribution in [0, 0.1) is 34.5 Å². The minimum Gasteiger partial charge on any atom is -0.473 e. The van der Waals surface area contributed by atoms with Crippen molar-refractivity contribution in [2.45, 2.75) is 93.4 Å². The third-order valence-electron chi connectivity index (χ3n) is 7.82. The summed E-state index contributed by atoms with van der Waals surface area (Å²) < 4.78 is 11.4. The number of aliphatic hydroxyl groups is 1. The molecule has 2 atom stereocenters. The summed E-state index contributed by atoms with van der Waals surface area (Å²) in [6.45, 7) is 3.80. The van der Waals surface area contributed by atoms with Crippen LogP contribution < -0.4 is 10.1 Å². The number of thioether (sulfide) groups is 1. The molecule has 0 aromatic carbocycles. The van der Waals surface area contributed by atoms with Crippen molar-refractivity contribution in [1.82, 2.24) is 10.5 Å². The highest BCUT2D eigenvalue weighted by Crippen LogP contribution is 2.55. The maximum absolute atomic E-state index is 13.4. The van der Waals surface area contributed by atoms with Gasteiger partial charge in [-0.2, -0.15) is 5.26 Å². The molecule has 2 N–H and O–H groups in total.